The highest BCUT2D eigenvalue weighted by atomic mass is 16.5. The van der Waals surface area contributed by atoms with Gasteiger partial charge in [-0.25, -0.2) is 4.79 Å². The van der Waals surface area contributed by atoms with Gasteiger partial charge < -0.3 is 19.2 Å². The second kappa shape index (κ2) is 10.4. The van der Waals surface area contributed by atoms with Crippen LogP contribution in [0.3, 0.4) is 0 Å². The van der Waals surface area contributed by atoms with Crippen molar-refractivity contribution in [3.8, 4) is 11.5 Å². The summed E-state index contributed by atoms with van der Waals surface area (Å²) in [6, 6.07) is 5.81. The number of esters is 1. The molecule has 2 aliphatic carbocycles. The molecule has 0 unspecified atom stereocenters. The molecule has 0 amide bonds. The average Bonchev–Trinajstić information content (AvgIpc) is 3.22. The fourth-order valence-corrected chi connectivity index (χ4v) is 5.52. The maximum atomic E-state index is 13.4. The first-order valence-electron chi connectivity index (χ1n) is 12.2. The van der Waals surface area contributed by atoms with Gasteiger partial charge in [0.15, 0.2) is 17.3 Å². The van der Waals surface area contributed by atoms with Crippen LogP contribution in [0.1, 0.15) is 95.5 Å². The van der Waals surface area contributed by atoms with E-state index in [-0.39, 0.29) is 17.7 Å². The molecular weight excluding hydrogens is 418 g/mol. The van der Waals surface area contributed by atoms with E-state index in [1.807, 2.05) is 18.2 Å². The lowest BCUT2D eigenvalue weighted by Crippen LogP contribution is -2.19. The number of rotatable bonds is 8. The number of fused-ring (bicyclic) bond motifs is 1. The summed E-state index contributed by atoms with van der Waals surface area (Å²) >= 11 is 0. The molecule has 0 saturated heterocycles. The largest absolute Gasteiger partial charge is 0.493 e. The molecule has 1 atom stereocenters. The Kier molecular flexibility index (Phi) is 7.41. The molecule has 6 heteroatoms. The van der Waals surface area contributed by atoms with Gasteiger partial charge >= 0.3 is 5.97 Å². The first-order chi connectivity index (χ1) is 16.0. The van der Waals surface area contributed by atoms with Crippen LogP contribution in [0.4, 0.5) is 0 Å². The van der Waals surface area contributed by atoms with Crippen molar-refractivity contribution in [1.29, 1.82) is 0 Å². The van der Waals surface area contributed by atoms with Crippen LogP contribution in [0.15, 0.2) is 18.2 Å². The fourth-order valence-electron chi connectivity index (χ4n) is 5.52. The number of methoxy groups -OCH3 is 2. The highest BCUT2D eigenvalue weighted by Crippen LogP contribution is 2.39. The lowest BCUT2D eigenvalue weighted by Gasteiger charge is -2.24. The number of nitrogens with one attached hydrogen (secondary N) is 1. The molecule has 1 aromatic carbocycles. The quantitative estimate of drug-likeness (QED) is 0.524. The number of aromatic nitrogens is 1. The van der Waals surface area contributed by atoms with Gasteiger partial charge in [0.05, 0.1) is 20.8 Å². The molecule has 4 rings (SSSR count). The van der Waals surface area contributed by atoms with Gasteiger partial charge in [-0.3, -0.25) is 4.79 Å². The number of carbonyl (C=O) groups is 2. The van der Waals surface area contributed by atoms with Crippen LogP contribution in [0, 0.1) is 5.92 Å². The molecule has 2 aliphatic rings. The van der Waals surface area contributed by atoms with Gasteiger partial charge in [0.1, 0.15) is 5.69 Å². The minimum Gasteiger partial charge on any atom is -0.493 e. The molecule has 1 N–H and O–H groups in total. The van der Waals surface area contributed by atoms with E-state index in [1.165, 1.54) is 32.1 Å². The number of Topliss-reactive ketones (excluding diaryl/α,β-unsaturated/α-hetero) is 1. The number of benzene rings is 1. The van der Waals surface area contributed by atoms with Crippen molar-refractivity contribution < 1.29 is 23.8 Å². The van der Waals surface area contributed by atoms with Crippen molar-refractivity contribution in [2.45, 2.75) is 70.6 Å². The van der Waals surface area contributed by atoms with Crippen LogP contribution in [-0.4, -0.2) is 37.6 Å². The normalized spacial score (nSPS) is 18.6. The Bertz CT molecular complexity index is 1000. The summed E-state index contributed by atoms with van der Waals surface area (Å²) < 4.78 is 16.1. The van der Waals surface area contributed by atoms with E-state index in [9.17, 15) is 9.59 Å². The molecule has 178 valence electrons. The van der Waals surface area contributed by atoms with E-state index in [0.29, 0.717) is 42.6 Å². The van der Waals surface area contributed by atoms with E-state index < -0.39 is 0 Å². The predicted octanol–water partition coefficient (Wildman–Crippen LogP) is 5.63. The van der Waals surface area contributed by atoms with E-state index >= 15 is 0 Å². The molecule has 1 aromatic heterocycles. The Hall–Kier alpha value is -2.76. The molecule has 0 aliphatic heterocycles. The number of H-pyrrole nitrogens is 1. The number of hydrogen-bond acceptors (Lipinski definition) is 5. The molecule has 0 spiro atoms. The second-order valence-corrected chi connectivity index (χ2v) is 9.24. The summed E-state index contributed by atoms with van der Waals surface area (Å²) in [5.74, 6) is 1.75. The Morgan fingerprint density at radius 2 is 1.82 bits per heavy atom. The third kappa shape index (κ3) is 4.94. The maximum Gasteiger partial charge on any atom is 0.355 e. The van der Waals surface area contributed by atoms with E-state index in [1.54, 1.807) is 21.1 Å². The van der Waals surface area contributed by atoms with Gasteiger partial charge in [0, 0.05) is 17.7 Å². The zero-order valence-corrected chi connectivity index (χ0v) is 20.0. The number of aromatic amines is 1. The third-order valence-electron chi connectivity index (χ3n) is 7.23. The zero-order valence-electron chi connectivity index (χ0n) is 20.0. The Morgan fingerprint density at radius 1 is 1.06 bits per heavy atom. The number of ketones is 1. The van der Waals surface area contributed by atoms with Crippen LogP contribution in [0.5, 0.6) is 11.5 Å². The molecule has 33 heavy (non-hydrogen) atoms. The summed E-state index contributed by atoms with van der Waals surface area (Å²) in [6.45, 7) is 2.12. The van der Waals surface area contributed by atoms with E-state index in [0.717, 1.165) is 35.2 Å². The number of carbonyl (C=O) groups excluding carboxylic acids is 2. The topological polar surface area (TPSA) is 77.6 Å². The second-order valence-electron chi connectivity index (χ2n) is 9.24. The van der Waals surface area contributed by atoms with Crippen molar-refractivity contribution in [1.82, 2.24) is 4.98 Å². The first-order valence-corrected chi connectivity index (χ1v) is 12.2. The highest BCUT2D eigenvalue weighted by Gasteiger charge is 2.34. The molecular formula is C27H35NO5. The van der Waals surface area contributed by atoms with Crippen molar-refractivity contribution >= 4 is 11.8 Å². The van der Waals surface area contributed by atoms with E-state index in [2.05, 4.69) is 4.98 Å². The van der Waals surface area contributed by atoms with Gasteiger partial charge in [-0.05, 0) is 61.3 Å². The number of hydrogen-bond donors (Lipinski definition) is 1. The van der Waals surface area contributed by atoms with Gasteiger partial charge in [0.25, 0.3) is 0 Å². The first kappa shape index (κ1) is 23.4. The molecule has 1 fully saturated rings. The Morgan fingerprint density at radius 3 is 2.52 bits per heavy atom. The summed E-state index contributed by atoms with van der Waals surface area (Å²) in [4.78, 5) is 29.4. The smallest absolute Gasteiger partial charge is 0.355 e. The summed E-state index contributed by atoms with van der Waals surface area (Å²) in [5.41, 5.74) is 3.95. The van der Waals surface area contributed by atoms with Crippen LogP contribution in [-0.2, 0) is 17.6 Å². The van der Waals surface area contributed by atoms with Crippen LogP contribution in [0.25, 0.3) is 0 Å². The molecule has 2 aromatic rings. The standard InChI is InChI=1S/C27H35NO5/c1-4-33-27(30)26-20(12-10-17-8-6-5-7-9-17)25-21(28-26)14-19(15-22(25)29)18-11-13-23(31-2)24(16-18)32-3/h11,13,16-17,19,28H,4-10,12,14-15H2,1-3H3/t19-/m0/s1. The van der Waals surface area contributed by atoms with Crippen molar-refractivity contribution in [2.24, 2.45) is 5.92 Å². The average molecular weight is 454 g/mol. The monoisotopic (exact) mass is 453 g/mol. The van der Waals surface area contributed by atoms with Crippen molar-refractivity contribution in [3.63, 3.8) is 0 Å². The molecule has 1 heterocycles. The van der Waals surface area contributed by atoms with Crippen LogP contribution < -0.4 is 9.47 Å². The van der Waals surface area contributed by atoms with Crippen molar-refractivity contribution in [2.75, 3.05) is 20.8 Å². The molecule has 0 radical (unpaired) electrons. The zero-order chi connectivity index (χ0) is 23.4. The SMILES string of the molecule is CCOC(=O)c1[nH]c2c(c1CCC1CCCCC1)C(=O)C[C@@H](c1ccc(OC)c(OC)c1)C2. The predicted molar refractivity (Wildman–Crippen MR) is 127 cm³/mol. The van der Waals surface area contributed by atoms with Gasteiger partial charge in [-0.1, -0.05) is 38.2 Å². The van der Waals surface area contributed by atoms with Gasteiger partial charge in [-0.2, -0.15) is 0 Å². The highest BCUT2D eigenvalue weighted by molar-refractivity contribution is 6.04. The maximum absolute atomic E-state index is 13.4. The summed E-state index contributed by atoms with van der Waals surface area (Å²) in [7, 11) is 3.22. The van der Waals surface area contributed by atoms with Gasteiger partial charge in [-0.15, -0.1) is 0 Å². The summed E-state index contributed by atoms with van der Waals surface area (Å²) in [5, 5.41) is 0. The van der Waals surface area contributed by atoms with Crippen LogP contribution >= 0.6 is 0 Å². The van der Waals surface area contributed by atoms with Crippen molar-refractivity contribution in [3.05, 3.63) is 46.3 Å². The lowest BCUT2D eigenvalue weighted by molar-refractivity contribution is 0.0518. The molecule has 0 bridgehead atoms. The fraction of sp³-hybridized carbons (Fsp3) is 0.556. The lowest BCUT2D eigenvalue weighted by atomic mass is 9.79. The minimum atomic E-state index is -0.360. The van der Waals surface area contributed by atoms with Gasteiger partial charge in [0.2, 0.25) is 0 Å². The number of ether oxygens (including phenoxy) is 3. The molecule has 1 saturated carbocycles. The molecule has 6 nitrogen and oxygen atoms in total. The Balaban J connectivity index is 1.62. The van der Waals surface area contributed by atoms with Crippen LogP contribution in [0.2, 0.25) is 0 Å². The minimum absolute atomic E-state index is 0.0182. The Labute approximate surface area is 196 Å². The summed E-state index contributed by atoms with van der Waals surface area (Å²) in [6.07, 6.45) is 9.23. The van der Waals surface area contributed by atoms with E-state index in [4.69, 9.17) is 14.2 Å². The third-order valence-corrected chi connectivity index (χ3v) is 7.23.